The maximum atomic E-state index is 4.76. The predicted octanol–water partition coefficient (Wildman–Crippen LogP) is 4.01. The van der Waals surface area contributed by atoms with Crippen LogP contribution in [0, 0.1) is 13.8 Å². The van der Waals surface area contributed by atoms with Gasteiger partial charge < -0.3 is 5.32 Å². The first-order chi connectivity index (χ1) is 13.2. The molecule has 0 bridgehead atoms. The molecule has 6 heteroatoms. The number of benzene rings is 1. The molecule has 0 aliphatic heterocycles. The summed E-state index contributed by atoms with van der Waals surface area (Å²) in [6.45, 7) is 5.81. The van der Waals surface area contributed by atoms with Crippen LogP contribution in [0.4, 0.5) is 5.82 Å². The second kappa shape index (κ2) is 7.53. The Hall–Kier alpha value is -3.28. The van der Waals surface area contributed by atoms with Crippen molar-refractivity contribution in [3.63, 3.8) is 0 Å². The average Bonchev–Trinajstić information content (AvgIpc) is 3.02. The van der Waals surface area contributed by atoms with Gasteiger partial charge >= 0.3 is 0 Å². The second-order valence-electron chi connectivity index (χ2n) is 6.58. The fourth-order valence-electron chi connectivity index (χ4n) is 3.18. The van der Waals surface area contributed by atoms with Crippen LogP contribution in [0.1, 0.15) is 17.8 Å². The van der Waals surface area contributed by atoms with Crippen molar-refractivity contribution < 1.29 is 0 Å². The highest BCUT2D eigenvalue weighted by molar-refractivity contribution is 5.90. The monoisotopic (exact) mass is 358 g/mol. The van der Waals surface area contributed by atoms with Gasteiger partial charge in [-0.25, -0.2) is 9.97 Å². The van der Waals surface area contributed by atoms with Crippen molar-refractivity contribution in [2.45, 2.75) is 26.8 Å². The van der Waals surface area contributed by atoms with Crippen LogP contribution in [0.15, 0.2) is 54.9 Å². The van der Waals surface area contributed by atoms with Gasteiger partial charge in [0.1, 0.15) is 5.82 Å². The van der Waals surface area contributed by atoms with E-state index in [0.717, 1.165) is 47.5 Å². The van der Waals surface area contributed by atoms with E-state index in [9.17, 15) is 0 Å². The highest BCUT2D eigenvalue weighted by atomic mass is 15.3. The molecule has 0 aliphatic rings. The maximum absolute atomic E-state index is 4.76. The molecular formula is C21H22N6. The highest BCUT2D eigenvalue weighted by Crippen LogP contribution is 2.24. The van der Waals surface area contributed by atoms with Crippen LogP contribution >= 0.6 is 0 Å². The zero-order valence-corrected chi connectivity index (χ0v) is 15.6. The van der Waals surface area contributed by atoms with Crippen LogP contribution in [-0.2, 0) is 6.54 Å². The Balaban J connectivity index is 1.54. The van der Waals surface area contributed by atoms with Gasteiger partial charge in [0.15, 0.2) is 5.82 Å². The van der Waals surface area contributed by atoms with Gasteiger partial charge in [0.05, 0.1) is 11.2 Å². The van der Waals surface area contributed by atoms with E-state index in [-0.39, 0.29) is 0 Å². The number of pyridine rings is 1. The van der Waals surface area contributed by atoms with Crippen LogP contribution in [0.25, 0.3) is 22.3 Å². The molecule has 0 radical (unpaired) electrons. The molecule has 1 N–H and O–H groups in total. The fraction of sp³-hybridized carbons (Fsp3) is 0.238. The zero-order chi connectivity index (χ0) is 18.6. The first-order valence-corrected chi connectivity index (χ1v) is 9.13. The van der Waals surface area contributed by atoms with Crippen molar-refractivity contribution >= 4 is 16.7 Å². The number of aromatic nitrogens is 5. The molecule has 136 valence electrons. The Bertz CT molecular complexity index is 1050. The third-order valence-electron chi connectivity index (χ3n) is 4.48. The summed E-state index contributed by atoms with van der Waals surface area (Å²) in [6, 6.07) is 14.0. The molecule has 3 aromatic heterocycles. The largest absolute Gasteiger partial charge is 0.369 e. The fourth-order valence-corrected chi connectivity index (χ4v) is 3.18. The van der Waals surface area contributed by atoms with Gasteiger partial charge in [-0.2, -0.15) is 5.10 Å². The van der Waals surface area contributed by atoms with Gasteiger partial charge in [0, 0.05) is 42.1 Å². The molecule has 0 unspecified atom stereocenters. The summed E-state index contributed by atoms with van der Waals surface area (Å²) in [5, 5.41) is 9.03. The summed E-state index contributed by atoms with van der Waals surface area (Å²) >= 11 is 0. The van der Waals surface area contributed by atoms with Crippen LogP contribution in [0.5, 0.6) is 0 Å². The van der Waals surface area contributed by atoms with Crippen molar-refractivity contribution in [2.24, 2.45) is 0 Å². The third kappa shape index (κ3) is 3.79. The van der Waals surface area contributed by atoms with Gasteiger partial charge in [-0.15, -0.1) is 0 Å². The molecular weight excluding hydrogens is 336 g/mol. The van der Waals surface area contributed by atoms with Crippen LogP contribution in [0.2, 0.25) is 0 Å². The second-order valence-corrected chi connectivity index (χ2v) is 6.58. The molecule has 6 nitrogen and oxygen atoms in total. The first-order valence-electron chi connectivity index (χ1n) is 9.13. The number of nitrogens with zero attached hydrogens (tertiary/aromatic N) is 5. The van der Waals surface area contributed by atoms with E-state index in [0.29, 0.717) is 5.82 Å². The molecule has 0 aliphatic carbocycles. The van der Waals surface area contributed by atoms with Crippen LogP contribution < -0.4 is 5.32 Å². The zero-order valence-electron chi connectivity index (χ0n) is 15.6. The Labute approximate surface area is 158 Å². The number of fused-ring (bicyclic) bond motifs is 1. The number of aryl methyl sites for hydroxylation is 3. The Morgan fingerprint density at radius 2 is 1.81 bits per heavy atom. The molecule has 0 saturated heterocycles. The van der Waals surface area contributed by atoms with E-state index in [1.54, 1.807) is 12.4 Å². The number of anilines is 1. The van der Waals surface area contributed by atoms with E-state index in [1.807, 2.05) is 37.3 Å². The standard InChI is InChI=1S/C21H22N6/c1-15-14-16(2)27(26-15)13-5-10-23-21-18-6-3-4-7-19(18)24-20(25-21)17-8-11-22-12-9-17/h3-4,6-9,11-12,14H,5,10,13H2,1-2H3,(H,23,24,25). The van der Waals surface area contributed by atoms with Crippen molar-refractivity contribution in [1.29, 1.82) is 0 Å². The molecule has 4 rings (SSSR count). The van der Waals surface area contributed by atoms with Gasteiger partial charge in [-0.3, -0.25) is 9.67 Å². The topological polar surface area (TPSA) is 68.5 Å². The lowest BCUT2D eigenvalue weighted by Gasteiger charge is -2.11. The number of para-hydroxylation sites is 1. The van der Waals surface area contributed by atoms with Gasteiger partial charge in [0.2, 0.25) is 0 Å². The Morgan fingerprint density at radius 3 is 2.59 bits per heavy atom. The summed E-state index contributed by atoms with van der Waals surface area (Å²) in [5.41, 5.74) is 4.14. The lowest BCUT2D eigenvalue weighted by Crippen LogP contribution is -2.10. The lowest BCUT2D eigenvalue weighted by atomic mass is 10.2. The lowest BCUT2D eigenvalue weighted by molar-refractivity contribution is 0.573. The van der Waals surface area contributed by atoms with Crippen molar-refractivity contribution in [2.75, 3.05) is 11.9 Å². The summed E-state index contributed by atoms with van der Waals surface area (Å²) in [6.07, 6.45) is 4.48. The predicted molar refractivity (Wildman–Crippen MR) is 108 cm³/mol. The maximum Gasteiger partial charge on any atom is 0.162 e. The number of nitrogens with one attached hydrogen (secondary N) is 1. The van der Waals surface area contributed by atoms with E-state index in [4.69, 9.17) is 9.97 Å². The van der Waals surface area contributed by atoms with E-state index in [1.165, 1.54) is 5.69 Å². The normalized spacial score (nSPS) is 11.0. The number of rotatable bonds is 6. The third-order valence-corrected chi connectivity index (χ3v) is 4.48. The van der Waals surface area contributed by atoms with E-state index in [2.05, 4.69) is 39.1 Å². The molecule has 3 heterocycles. The molecule has 0 fully saturated rings. The first kappa shape index (κ1) is 17.1. The number of hydrogen-bond donors (Lipinski definition) is 1. The summed E-state index contributed by atoms with van der Waals surface area (Å²) in [7, 11) is 0. The Kier molecular flexibility index (Phi) is 4.78. The van der Waals surface area contributed by atoms with E-state index < -0.39 is 0 Å². The van der Waals surface area contributed by atoms with E-state index >= 15 is 0 Å². The smallest absolute Gasteiger partial charge is 0.162 e. The van der Waals surface area contributed by atoms with Crippen molar-refractivity contribution in [3.8, 4) is 11.4 Å². The van der Waals surface area contributed by atoms with Crippen molar-refractivity contribution in [3.05, 3.63) is 66.2 Å². The Morgan fingerprint density at radius 1 is 1.00 bits per heavy atom. The molecule has 0 saturated carbocycles. The van der Waals surface area contributed by atoms with Crippen molar-refractivity contribution in [1.82, 2.24) is 24.7 Å². The SMILES string of the molecule is Cc1cc(C)n(CCCNc2nc(-c3ccncc3)nc3ccccc23)n1. The molecule has 27 heavy (non-hydrogen) atoms. The molecule has 1 aromatic carbocycles. The minimum atomic E-state index is 0.706. The summed E-state index contributed by atoms with van der Waals surface area (Å²) in [5.74, 6) is 1.57. The molecule has 4 aromatic rings. The highest BCUT2D eigenvalue weighted by Gasteiger charge is 2.09. The molecule has 0 amide bonds. The molecule has 0 atom stereocenters. The number of hydrogen-bond acceptors (Lipinski definition) is 5. The van der Waals surface area contributed by atoms with Crippen LogP contribution in [-0.4, -0.2) is 31.3 Å². The van der Waals surface area contributed by atoms with Gasteiger partial charge in [-0.1, -0.05) is 12.1 Å². The minimum absolute atomic E-state index is 0.706. The average molecular weight is 358 g/mol. The van der Waals surface area contributed by atoms with Gasteiger partial charge in [-0.05, 0) is 50.6 Å². The summed E-state index contributed by atoms with van der Waals surface area (Å²) < 4.78 is 2.05. The van der Waals surface area contributed by atoms with Gasteiger partial charge in [0.25, 0.3) is 0 Å². The minimum Gasteiger partial charge on any atom is -0.369 e. The molecule has 0 spiro atoms. The quantitative estimate of drug-likeness (QED) is 0.528. The summed E-state index contributed by atoms with van der Waals surface area (Å²) in [4.78, 5) is 13.5. The van der Waals surface area contributed by atoms with Crippen LogP contribution in [0.3, 0.4) is 0 Å².